The van der Waals surface area contributed by atoms with Crippen LogP contribution in [-0.2, 0) is 6.54 Å². The van der Waals surface area contributed by atoms with Gasteiger partial charge in [-0.3, -0.25) is 9.59 Å². The Morgan fingerprint density at radius 2 is 1.77 bits per heavy atom. The lowest BCUT2D eigenvalue weighted by atomic mass is 9.81. The van der Waals surface area contributed by atoms with Crippen LogP contribution in [-0.4, -0.2) is 35.0 Å². The molecule has 3 aliphatic rings. The first-order valence-corrected chi connectivity index (χ1v) is 11.5. The van der Waals surface area contributed by atoms with Crippen molar-refractivity contribution in [3.8, 4) is 0 Å². The normalized spacial score (nSPS) is 24.3. The third kappa shape index (κ3) is 3.95. The van der Waals surface area contributed by atoms with Crippen molar-refractivity contribution in [1.29, 1.82) is 0 Å². The molecule has 158 valence electrons. The highest BCUT2D eigenvalue weighted by Crippen LogP contribution is 2.36. The minimum absolute atomic E-state index is 0.0628. The molecule has 2 atom stereocenters. The minimum atomic E-state index is -0.233. The fraction of sp³-hybridized carbons (Fsp3) is 0.520. The molecule has 2 aromatic rings. The number of hydrogen-bond donors (Lipinski definition) is 1. The molecule has 0 spiro atoms. The third-order valence-electron chi connectivity index (χ3n) is 7.21. The summed E-state index contributed by atoms with van der Waals surface area (Å²) in [6, 6.07) is 12.9. The van der Waals surface area contributed by atoms with Gasteiger partial charge in [0, 0.05) is 43.4 Å². The van der Waals surface area contributed by atoms with Crippen LogP contribution < -0.4 is 10.9 Å². The van der Waals surface area contributed by atoms with Crippen molar-refractivity contribution in [2.45, 2.75) is 51.0 Å². The van der Waals surface area contributed by atoms with Crippen LogP contribution >= 0.6 is 0 Å². The highest BCUT2D eigenvalue weighted by molar-refractivity contribution is 6.04. The Morgan fingerprint density at radius 1 is 0.967 bits per heavy atom. The monoisotopic (exact) mass is 405 g/mol. The van der Waals surface area contributed by atoms with E-state index in [0.29, 0.717) is 23.1 Å². The van der Waals surface area contributed by atoms with E-state index in [1.165, 1.54) is 45.1 Å². The first kappa shape index (κ1) is 19.6. The number of rotatable bonds is 4. The summed E-state index contributed by atoms with van der Waals surface area (Å²) in [4.78, 5) is 28.3. The number of benzene rings is 1. The van der Waals surface area contributed by atoms with Crippen LogP contribution in [0.3, 0.4) is 0 Å². The van der Waals surface area contributed by atoms with Gasteiger partial charge in [0.2, 0.25) is 0 Å². The Morgan fingerprint density at radius 3 is 2.57 bits per heavy atom. The number of hydrogen-bond acceptors (Lipinski definition) is 3. The molecular formula is C25H31N3O2. The number of carbonyl (C=O) groups excluding carboxylic acids is 1. The van der Waals surface area contributed by atoms with Gasteiger partial charge in [-0.2, -0.15) is 0 Å². The Kier molecular flexibility index (Phi) is 5.47. The number of likely N-dealkylation sites (tertiary alicyclic amines) is 1. The molecular weight excluding hydrogens is 374 g/mol. The van der Waals surface area contributed by atoms with Gasteiger partial charge in [-0.15, -0.1) is 0 Å². The molecule has 5 heteroatoms. The van der Waals surface area contributed by atoms with Crippen molar-refractivity contribution < 1.29 is 4.79 Å². The van der Waals surface area contributed by atoms with E-state index < -0.39 is 0 Å². The van der Waals surface area contributed by atoms with E-state index in [9.17, 15) is 9.59 Å². The number of carbonyl (C=O) groups is 1. The summed E-state index contributed by atoms with van der Waals surface area (Å²) >= 11 is 0. The van der Waals surface area contributed by atoms with E-state index >= 15 is 0 Å². The molecule has 2 aliphatic heterocycles. The summed E-state index contributed by atoms with van der Waals surface area (Å²) in [6.45, 7) is 4.14. The molecule has 30 heavy (non-hydrogen) atoms. The number of amides is 1. The summed E-state index contributed by atoms with van der Waals surface area (Å²) in [6.07, 6.45) is 8.12. The van der Waals surface area contributed by atoms with Gasteiger partial charge in [-0.05, 0) is 55.4 Å². The molecule has 1 amide bonds. The molecule has 5 rings (SSSR count). The second-order valence-corrected chi connectivity index (χ2v) is 9.43. The van der Waals surface area contributed by atoms with Crippen LogP contribution in [0.1, 0.15) is 60.5 Å². The van der Waals surface area contributed by atoms with Gasteiger partial charge in [-0.25, -0.2) is 0 Å². The van der Waals surface area contributed by atoms with Crippen LogP contribution in [0, 0.1) is 11.8 Å². The van der Waals surface area contributed by atoms with Crippen molar-refractivity contribution in [3.63, 3.8) is 0 Å². The number of aromatic nitrogens is 1. The summed E-state index contributed by atoms with van der Waals surface area (Å²) in [5.74, 6) is 1.57. The number of fused-ring (bicyclic) bond motifs is 4. The zero-order chi connectivity index (χ0) is 20.5. The van der Waals surface area contributed by atoms with Crippen LogP contribution in [0.15, 0.2) is 47.3 Å². The molecule has 3 heterocycles. The second kappa shape index (κ2) is 8.38. The van der Waals surface area contributed by atoms with Gasteiger partial charge >= 0.3 is 0 Å². The first-order chi connectivity index (χ1) is 14.7. The van der Waals surface area contributed by atoms with Crippen LogP contribution in [0.4, 0.5) is 5.69 Å². The molecule has 1 aromatic heterocycles. The zero-order valence-electron chi connectivity index (χ0n) is 17.6. The highest BCUT2D eigenvalue weighted by Gasteiger charge is 2.35. The van der Waals surface area contributed by atoms with Crippen molar-refractivity contribution >= 4 is 11.6 Å². The second-order valence-electron chi connectivity index (χ2n) is 9.43. The number of nitrogens with one attached hydrogen (secondary N) is 1. The molecule has 1 saturated heterocycles. The van der Waals surface area contributed by atoms with E-state index in [0.717, 1.165) is 31.2 Å². The number of piperidine rings is 1. The lowest BCUT2D eigenvalue weighted by Gasteiger charge is -2.44. The van der Waals surface area contributed by atoms with Gasteiger partial charge in [-0.1, -0.05) is 37.5 Å². The van der Waals surface area contributed by atoms with Gasteiger partial charge in [0.25, 0.3) is 11.5 Å². The first-order valence-electron chi connectivity index (χ1n) is 11.5. The Hall–Kier alpha value is -2.40. The average molecular weight is 406 g/mol. The van der Waals surface area contributed by atoms with Gasteiger partial charge in [0.1, 0.15) is 5.69 Å². The topological polar surface area (TPSA) is 54.3 Å². The van der Waals surface area contributed by atoms with Crippen LogP contribution in [0.5, 0.6) is 0 Å². The smallest absolute Gasteiger partial charge is 0.274 e. The van der Waals surface area contributed by atoms with Gasteiger partial charge in [0.05, 0.1) is 0 Å². The van der Waals surface area contributed by atoms with E-state index in [2.05, 4.69) is 16.3 Å². The molecule has 5 nitrogen and oxygen atoms in total. The third-order valence-corrected chi connectivity index (χ3v) is 7.21. The van der Waals surface area contributed by atoms with Crippen molar-refractivity contribution in [1.82, 2.24) is 9.47 Å². The number of nitrogens with zero attached hydrogens (tertiary/aromatic N) is 2. The lowest BCUT2D eigenvalue weighted by molar-refractivity contribution is 0.0967. The van der Waals surface area contributed by atoms with Crippen molar-refractivity contribution in [3.05, 3.63) is 64.1 Å². The van der Waals surface area contributed by atoms with Crippen LogP contribution in [0.2, 0.25) is 0 Å². The SMILES string of the molecule is O=C(Nc1ccc2n(c1=O)CC1CC2CN(CC2CCCCC2)C1)c1ccccc1. The molecule has 1 aliphatic carbocycles. The number of pyridine rings is 1. The molecule has 2 unspecified atom stereocenters. The van der Waals surface area contributed by atoms with E-state index in [4.69, 9.17) is 0 Å². The molecule has 2 fully saturated rings. The molecule has 2 bridgehead atoms. The lowest BCUT2D eigenvalue weighted by Crippen LogP contribution is -2.48. The van der Waals surface area contributed by atoms with Gasteiger partial charge in [0.15, 0.2) is 0 Å². The highest BCUT2D eigenvalue weighted by atomic mass is 16.2. The average Bonchev–Trinajstić information content (AvgIpc) is 2.77. The fourth-order valence-electron chi connectivity index (χ4n) is 5.81. The molecule has 1 N–H and O–H groups in total. The largest absolute Gasteiger partial charge is 0.317 e. The number of anilines is 1. The molecule has 0 radical (unpaired) electrons. The predicted octanol–water partition coefficient (Wildman–Crippen LogP) is 4.10. The van der Waals surface area contributed by atoms with Crippen molar-refractivity contribution in [2.24, 2.45) is 11.8 Å². The summed E-state index contributed by atoms with van der Waals surface area (Å²) < 4.78 is 1.93. The van der Waals surface area contributed by atoms with E-state index in [1.54, 1.807) is 18.2 Å². The zero-order valence-corrected chi connectivity index (χ0v) is 17.6. The Labute approximate surface area is 178 Å². The quantitative estimate of drug-likeness (QED) is 0.833. The maximum atomic E-state index is 13.1. The Balaban J connectivity index is 1.32. The molecule has 1 aromatic carbocycles. The van der Waals surface area contributed by atoms with E-state index in [1.807, 2.05) is 22.8 Å². The van der Waals surface area contributed by atoms with E-state index in [-0.39, 0.29) is 11.5 Å². The minimum Gasteiger partial charge on any atom is -0.317 e. The summed E-state index contributed by atoms with van der Waals surface area (Å²) in [5.41, 5.74) is 2.02. The van der Waals surface area contributed by atoms with Gasteiger partial charge < -0.3 is 14.8 Å². The van der Waals surface area contributed by atoms with Crippen LogP contribution in [0.25, 0.3) is 0 Å². The standard InChI is InChI=1S/C25H31N3O2/c29-24(20-9-5-2-6-10-20)26-22-11-12-23-21-13-19(16-28(23)25(22)30)15-27(17-21)14-18-7-3-1-4-8-18/h2,5-6,9-12,18-19,21H,1,3-4,7-8,13-17H2,(H,26,29). The fourth-order valence-corrected chi connectivity index (χ4v) is 5.81. The summed E-state index contributed by atoms with van der Waals surface area (Å²) in [5, 5.41) is 2.82. The predicted molar refractivity (Wildman–Crippen MR) is 119 cm³/mol. The maximum absolute atomic E-state index is 13.1. The summed E-state index contributed by atoms with van der Waals surface area (Å²) in [7, 11) is 0. The maximum Gasteiger partial charge on any atom is 0.274 e. The Bertz CT molecular complexity index is 962. The van der Waals surface area contributed by atoms with Crippen molar-refractivity contribution in [2.75, 3.05) is 25.0 Å². The molecule has 1 saturated carbocycles.